The smallest absolute Gasteiger partial charge is 0.282 e. The maximum Gasteiger partial charge on any atom is 0.282 e. The molecule has 80 valence electrons. The fourth-order valence-electron chi connectivity index (χ4n) is 1.37. The molecule has 0 saturated carbocycles. The largest absolute Gasteiger partial charge is 0.380 e. The second kappa shape index (κ2) is 4.31. The van der Waals surface area contributed by atoms with Gasteiger partial charge in [0, 0.05) is 24.8 Å². The van der Waals surface area contributed by atoms with Gasteiger partial charge in [-0.15, -0.1) is 0 Å². The normalized spacial score (nSPS) is 15.8. The number of nitrogens with one attached hydrogen (secondary N) is 2. The Morgan fingerprint density at radius 3 is 2.73 bits per heavy atom. The summed E-state index contributed by atoms with van der Waals surface area (Å²) in [7, 11) is 0. The Hall–Kier alpha value is -0.890. The van der Waals surface area contributed by atoms with Crippen molar-refractivity contribution in [2.24, 2.45) is 0 Å². The number of anilines is 1. The molecule has 0 unspecified atom stereocenters. The number of rotatable bonds is 3. The molecule has 1 aliphatic heterocycles. The minimum absolute atomic E-state index is 0.160. The predicted molar refractivity (Wildman–Crippen MR) is 66.1 cm³/mol. The molecule has 2 N–H and O–H groups in total. The highest BCUT2D eigenvalue weighted by molar-refractivity contribution is 14.1. The van der Waals surface area contributed by atoms with Crippen molar-refractivity contribution in [2.75, 3.05) is 18.4 Å². The summed E-state index contributed by atoms with van der Waals surface area (Å²) < 4.78 is 0.662. The van der Waals surface area contributed by atoms with E-state index in [0.29, 0.717) is 9.61 Å². The van der Waals surface area contributed by atoms with Crippen LogP contribution in [0.1, 0.15) is 0 Å². The first-order valence-corrected chi connectivity index (χ1v) is 5.66. The first-order valence-electron chi connectivity index (χ1n) is 4.58. The van der Waals surface area contributed by atoms with E-state index in [9.17, 15) is 10.1 Å². The van der Waals surface area contributed by atoms with Crippen molar-refractivity contribution in [3.8, 4) is 0 Å². The van der Waals surface area contributed by atoms with E-state index < -0.39 is 0 Å². The SMILES string of the molecule is O=[N+]([O-])c1ccc(NC2CNC2)cc1I. The monoisotopic (exact) mass is 319 g/mol. The van der Waals surface area contributed by atoms with Crippen molar-refractivity contribution in [1.82, 2.24) is 5.32 Å². The molecule has 0 aliphatic carbocycles. The molecule has 0 amide bonds. The average Bonchev–Trinajstić information content (AvgIpc) is 2.11. The van der Waals surface area contributed by atoms with Gasteiger partial charge in [0.1, 0.15) is 0 Å². The number of halogens is 1. The molecule has 0 spiro atoms. The van der Waals surface area contributed by atoms with Gasteiger partial charge in [-0.2, -0.15) is 0 Å². The predicted octanol–water partition coefficient (Wildman–Crippen LogP) is 1.58. The third-order valence-electron chi connectivity index (χ3n) is 2.30. The molecular formula is C9H10IN3O2. The van der Waals surface area contributed by atoms with Crippen LogP contribution >= 0.6 is 22.6 Å². The van der Waals surface area contributed by atoms with Crippen molar-refractivity contribution >= 4 is 34.0 Å². The third-order valence-corrected chi connectivity index (χ3v) is 3.16. The minimum atomic E-state index is -0.365. The highest BCUT2D eigenvalue weighted by Gasteiger charge is 2.17. The molecule has 1 aromatic rings. The van der Waals surface area contributed by atoms with Crippen LogP contribution in [0.4, 0.5) is 11.4 Å². The van der Waals surface area contributed by atoms with Crippen molar-refractivity contribution in [3.63, 3.8) is 0 Å². The van der Waals surface area contributed by atoms with Crippen molar-refractivity contribution in [1.29, 1.82) is 0 Å². The molecule has 1 heterocycles. The number of nitro groups is 1. The summed E-state index contributed by atoms with van der Waals surface area (Å²) in [4.78, 5) is 10.2. The fraction of sp³-hybridized carbons (Fsp3) is 0.333. The summed E-state index contributed by atoms with van der Waals surface area (Å²) in [6, 6.07) is 5.54. The molecule has 0 aromatic heterocycles. The van der Waals surface area contributed by atoms with Crippen molar-refractivity contribution in [3.05, 3.63) is 31.9 Å². The van der Waals surface area contributed by atoms with Crippen LogP contribution in [0.3, 0.4) is 0 Å². The zero-order chi connectivity index (χ0) is 10.8. The van der Waals surface area contributed by atoms with Gasteiger partial charge in [0.05, 0.1) is 14.5 Å². The van der Waals surface area contributed by atoms with E-state index in [0.717, 1.165) is 18.8 Å². The van der Waals surface area contributed by atoms with Crippen molar-refractivity contribution < 1.29 is 4.92 Å². The maximum atomic E-state index is 10.6. The number of nitrogens with zero attached hydrogens (tertiary/aromatic N) is 1. The van der Waals surface area contributed by atoms with E-state index in [-0.39, 0.29) is 10.6 Å². The van der Waals surface area contributed by atoms with Crippen LogP contribution in [-0.2, 0) is 0 Å². The van der Waals surface area contributed by atoms with Gasteiger partial charge in [0.2, 0.25) is 0 Å². The lowest BCUT2D eigenvalue weighted by atomic mass is 10.1. The maximum absolute atomic E-state index is 10.6. The summed E-state index contributed by atoms with van der Waals surface area (Å²) in [5.41, 5.74) is 1.10. The lowest BCUT2D eigenvalue weighted by Crippen LogP contribution is -2.51. The summed E-state index contributed by atoms with van der Waals surface area (Å²) >= 11 is 1.98. The van der Waals surface area contributed by atoms with Gasteiger partial charge in [-0.05, 0) is 34.7 Å². The molecule has 1 fully saturated rings. The van der Waals surface area contributed by atoms with Crippen LogP contribution in [0.5, 0.6) is 0 Å². The minimum Gasteiger partial charge on any atom is -0.380 e. The third kappa shape index (κ3) is 2.37. The number of nitro benzene ring substituents is 1. The molecule has 5 nitrogen and oxygen atoms in total. The Morgan fingerprint density at radius 1 is 1.53 bits per heavy atom. The molecule has 0 atom stereocenters. The van der Waals surface area contributed by atoms with Crippen molar-refractivity contribution in [2.45, 2.75) is 6.04 Å². The van der Waals surface area contributed by atoms with Gasteiger partial charge in [-0.25, -0.2) is 0 Å². The Balaban J connectivity index is 2.13. The van der Waals surface area contributed by atoms with Crippen LogP contribution in [0.2, 0.25) is 0 Å². The first-order chi connectivity index (χ1) is 7.16. The Morgan fingerprint density at radius 2 is 2.27 bits per heavy atom. The number of hydrogen-bond acceptors (Lipinski definition) is 4. The molecule has 1 aliphatic rings. The highest BCUT2D eigenvalue weighted by atomic mass is 127. The topological polar surface area (TPSA) is 67.2 Å². The van der Waals surface area contributed by atoms with Gasteiger partial charge in [-0.3, -0.25) is 10.1 Å². The summed E-state index contributed by atoms with van der Waals surface area (Å²) in [6.45, 7) is 1.90. The van der Waals surface area contributed by atoms with Gasteiger partial charge in [-0.1, -0.05) is 0 Å². The number of benzene rings is 1. The molecule has 0 bridgehead atoms. The van der Waals surface area contributed by atoms with E-state index in [4.69, 9.17) is 0 Å². The van der Waals surface area contributed by atoms with Crippen LogP contribution < -0.4 is 10.6 Å². The molecule has 6 heteroatoms. The highest BCUT2D eigenvalue weighted by Crippen LogP contribution is 2.24. The first kappa shape index (κ1) is 10.6. The van der Waals surface area contributed by atoms with E-state index >= 15 is 0 Å². The van der Waals surface area contributed by atoms with Gasteiger partial charge in [0.25, 0.3) is 5.69 Å². The molecular weight excluding hydrogens is 309 g/mol. The number of hydrogen-bond donors (Lipinski definition) is 2. The van der Waals surface area contributed by atoms with Gasteiger partial charge < -0.3 is 10.6 Å². The summed E-state index contributed by atoms with van der Waals surface area (Å²) in [5, 5.41) is 17.0. The Bertz CT molecular complexity index is 393. The second-order valence-electron chi connectivity index (χ2n) is 3.42. The summed E-state index contributed by atoms with van der Waals surface area (Å²) in [6.07, 6.45) is 0. The second-order valence-corrected chi connectivity index (χ2v) is 4.59. The quantitative estimate of drug-likeness (QED) is 0.504. The van der Waals surface area contributed by atoms with Crippen LogP contribution in [0.15, 0.2) is 18.2 Å². The average molecular weight is 319 g/mol. The molecule has 1 aromatic carbocycles. The van der Waals surface area contributed by atoms with E-state index in [1.54, 1.807) is 12.1 Å². The van der Waals surface area contributed by atoms with Crippen LogP contribution in [0, 0.1) is 13.7 Å². The molecule has 1 saturated heterocycles. The lowest BCUT2D eigenvalue weighted by Gasteiger charge is -2.28. The van der Waals surface area contributed by atoms with Gasteiger partial charge >= 0.3 is 0 Å². The van der Waals surface area contributed by atoms with Gasteiger partial charge in [0.15, 0.2) is 0 Å². The Kier molecular flexibility index (Phi) is 3.06. The standard InChI is InChI=1S/C9H10IN3O2/c10-8-3-6(12-7-4-11-5-7)1-2-9(8)13(14)15/h1-3,7,11-12H,4-5H2. The van der Waals surface area contributed by atoms with E-state index in [1.807, 2.05) is 22.6 Å². The van der Waals surface area contributed by atoms with E-state index in [1.165, 1.54) is 6.07 Å². The van der Waals surface area contributed by atoms with Crippen LogP contribution in [-0.4, -0.2) is 24.1 Å². The summed E-state index contributed by atoms with van der Waals surface area (Å²) in [5.74, 6) is 0. The molecule has 0 radical (unpaired) electrons. The van der Waals surface area contributed by atoms with E-state index in [2.05, 4.69) is 10.6 Å². The zero-order valence-electron chi connectivity index (χ0n) is 7.87. The molecule has 2 rings (SSSR count). The molecule has 15 heavy (non-hydrogen) atoms. The zero-order valence-corrected chi connectivity index (χ0v) is 10.0. The lowest BCUT2D eigenvalue weighted by molar-refractivity contribution is -0.385. The Labute approximate surface area is 101 Å². The fourth-order valence-corrected chi connectivity index (χ4v) is 2.08. The van der Waals surface area contributed by atoms with Crippen LogP contribution in [0.25, 0.3) is 0 Å².